The van der Waals surface area contributed by atoms with Gasteiger partial charge in [0.25, 0.3) is 5.69 Å². The van der Waals surface area contributed by atoms with Crippen LogP contribution in [0.15, 0.2) is 72.8 Å². The molecule has 156 valence electrons. The van der Waals surface area contributed by atoms with Gasteiger partial charge in [-0.25, -0.2) is 4.79 Å². The molecule has 0 fully saturated rings. The van der Waals surface area contributed by atoms with Crippen LogP contribution >= 0.6 is 11.6 Å². The van der Waals surface area contributed by atoms with Crippen molar-refractivity contribution < 1.29 is 14.5 Å². The normalized spacial score (nSPS) is 12.4. The van der Waals surface area contributed by atoms with E-state index in [-0.39, 0.29) is 29.8 Å². The summed E-state index contributed by atoms with van der Waals surface area (Å²) >= 11 is 6.05. The van der Waals surface area contributed by atoms with E-state index < -0.39 is 11.0 Å². The molecule has 1 aliphatic carbocycles. The van der Waals surface area contributed by atoms with Crippen molar-refractivity contribution in [1.82, 2.24) is 5.32 Å². The summed E-state index contributed by atoms with van der Waals surface area (Å²) in [5, 5.41) is 14.0. The number of hydrogen-bond acceptors (Lipinski definition) is 4. The average molecular weight is 435 g/mol. The lowest BCUT2D eigenvalue weighted by Gasteiger charge is -2.14. The van der Waals surface area contributed by atoms with E-state index in [2.05, 4.69) is 29.6 Å². The van der Waals surface area contributed by atoms with Gasteiger partial charge in [0.1, 0.15) is 6.61 Å². The summed E-state index contributed by atoms with van der Waals surface area (Å²) in [4.78, 5) is 22.8. The second-order valence-corrected chi connectivity index (χ2v) is 7.45. The first-order valence-corrected chi connectivity index (χ1v) is 10.1. The summed E-state index contributed by atoms with van der Waals surface area (Å²) in [5.74, 6) is -0.0144. The van der Waals surface area contributed by atoms with Gasteiger partial charge >= 0.3 is 6.09 Å². The molecule has 3 aromatic carbocycles. The Morgan fingerprint density at radius 2 is 1.68 bits per heavy atom. The molecule has 0 bridgehead atoms. The molecule has 6 nitrogen and oxygen atoms in total. The summed E-state index contributed by atoms with van der Waals surface area (Å²) in [6.45, 7) is 0.374. The first kappa shape index (κ1) is 20.6. The van der Waals surface area contributed by atoms with Gasteiger partial charge < -0.3 is 10.1 Å². The highest BCUT2D eigenvalue weighted by molar-refractivity contribution is 6.32. The van der Waals surface area contributed by atoms with Gasteiger partial charge in [-0.1, -0.05) is 72.3 Å². The minimum Gasteiger partial charge on any atom is -0.449 e. The van der Waals surface area contributed by atoms with Gasteiger partial charge in [0.05, 0.1) is 15.5 Å². The van der Waals surface area contributed by atoms with E-state index in [1.165, 1.54) is 18.2 Å². The number of benzene rings is 3. The number of halogens is 1. The number of carbonyl (C=O) groups is 1. The predicted molar refractivity (Wildman–Crippen MR) is 120 cm³/mol. The monoisotopic (exact) mass is 434 g/mol. The molecule has 31 heavy (non-hydrogen) atoms. The van der Waals surface area contributed by atoms with E-state index in [1.54, 1.807) is 12.1 Å². The van der Waals surface area contributed by atoms with Crippen LogP contribution in [0.5, 0.6) is 0 Å². The van der Waals surface area contributed by atoms with E-state index in [1.807, 2.05) is 24.3 Å². The Bertz CT molecular complexity index is 1130. The SMILES string of the molecule is O=C(NCC=Cc1c(Cl)cccc1[N+](=O)[O-])OCC1c2ccccc2-c2ccccc21. The Hall–Kier alpha value is -3.64. The number of nitro benzene ring substituents is 1. The van der Waals surface area contributed by atoms with E-state index in [9.17, 15) is 14.9 Å². The van der Waals surface area contributed by atoms with Crippen LogP contribution in [0.1, 0.15) is 22.6 Å². The maximum atomic E-state index is 12.2. The van der Waals surface area contributed by atoms with Gasteiger partial charge in [0.15, 0.2) is 0 Å². The number of amides is 1. The van der Waals surface area contributed by atoms with Gasteiger partial charge in [-0.2, -0.15) is 0 Å². The molecule has 7 heteroatoms. The molecule has 0 spiro atoms. The smallest absolute Gasteiger partial charge is 0.407 e. The van der Waals surface area contributed by atoms with Gasteiger partial charge in [-0.15, -0.1) is 0 Å². The highest BCUT2D eigenvalue weighted by Gasteiger charge is 2.28. The molecule has 4 rings (SSSR count). The zero-order chi connectivity index (χ0) is 21.8. The molecule has 0 unspecified atom stereocenters. The quantitative estimate of drug-likeness (QED) is 0.392. The lowest BCUT2D eigenvalue weighted by atomic mass is 9.98. The van der Waals surface area contributed by atoms with Crippen molar-refractivity contribution in [2.24, 2.45) is 0 Å². The molecular weight excluding hydrogens is 416 g/mol. The Kier molecular flexibility index (Phi) is 6.00. The van der Waals surface area contributed by atoms with Crippen molar-refractivity contribution in [2.75, 3.05) is 13.2 Å². The van der Waals surface area contributed by atoms with Gasteiger partial charge in [0.2, 0.25) is 0 Å². The molecule has 0 radical (unpaired) electrons. The fourth-order valence-corrected chi connectivity index (χ4v) is 4.05. The second-order valence-electron chi connectivity index (χ2n) is 7.04. The fourth-order valence-electron chi connectivity index (χ4n) is 3.82. The topological polar surface area (TPSA) is 81.5 Å². The molecule has 0 saturated carbocycles. The van der Waals surface area contributed by atoms with Crippen molar-refractivity contribution in [2.45, 2.75) is 5.92 Å². The minimum absolute atomic E-state index is 0.0144. The highest BCUT2D eigenvalue weighted by Crippen LogP contribution is 2.44. The van der Waals surface area contributed by atoms with Crippen LogP contribution in [0.3, 0.4) is 0 Å². The summed E-state index contributed by atoms with van der Waals surface area (Å²) in [7, 11) is 0. The third-order valence-corrected chi connectivity index (χ3v) is 5.55. The summed E-state index contributed by atoms with van der Waals surface area (Å²) in [6, 6.07) is 20.7. The number of fused-ring (bicyclic) bond motifs is 3. The molecule has 1 aliphatic rings. The lowest BCUT2D eigenvalue weighted by molar-refractivity contribution is -0.385. The molecular formula is C24H19ClN2O4. The van der Waals surface area contributed by atoms with Crippen LogP contribution in [-0.2, 0) is 4.74 Å². The third-order valence-electron chi connectivity index (χ3n) is 5.22. The molecule has 3 aromatic rings. The van der Waals surface area contributed by atoms with Crippen molar-refractivity contribution in [3.63, 3.8) is 0 Å². The molecule has 0 aliphatic heterocycles. The molecule has 0 aromatic heterocycles. The summed E-state index contributed by atoms with van der Waals surface area (Å²) in [6.07, 6.45) is 2.56. The van der Waals surface area contributed by atoms with Crippen LogP contribution in [0.2, 0.25) is 5.02 Å². The standard InChI is InChI=1S/C24H19ClN2O4/c25-22-12-5-13-23(27(29)30)20(22)11-6-14-26-24(28)31-15-21-18-9-3-1-7-16(18)17-8-2-4-10-19(17)21/h1-13,21H,14-15H2,(H,26,28). The van der Waals surface area contributed by atoms with Crippen LogP contribution in [0, 0.1) is 10.1 Å². The Labute approximate surface area is 184 Å². The number of hydrogen-bond donors (Lipinski definition) is 1. The molecule has 0 saturated heterocycles. The van der Waals surface area contributed by atoms with Crippen molar-refractivity contribution >= 4 is 29.5 Å². The Balaban J connectivity index is 1.36. The molecule has 0 atom stereocenters. The van der Waals surface area contributed by atoms with Crippen molar-refractivity contribution in [1.29, 1.82) is 0 Å². The molecule has 1 N–H and O–H groups in total. The number of nitrogens with one attached hydrogen (secondary N) is 1. The van der Waals surface area contributed by atoms with Gasteiger partial charge in [-0.05, 0) is 34.4 Å². The van der Waals surface area contributed by atoms with E-state index >= 15 is 0 Å². The van der Waals surface area contributed by atoms with Crippen LogP contribution in [0.4, 0.5) is 10.5 Å². The van der Waals surface area contributed by atoms with Crippen LogP contribution in [-0.4, -0.2) is 24.2 Å². The third kappa shape index (κ3) is 4.29. The van der Waals surface area contributed by atoms with Gasteiger partial charge in [0, 0.05) is 18.5 Å². The van der Waals surface area contributed by atoms with Crippen molar-refractivity contribution in [3.05, 3.63) is 105 Å². The maximum absolute atomic E-state index is 12.2. The zero-order valence-electron chi connectivity index (χ0n) is 16.5. The number of alkyl carbamates (subject to hydrolysis) is 1. The largest absolute Gasteiger partial charge is 0.449 e. The van der Waals surface area contributed by atoms with E-state index in [0.717, 1.165) is 22.3 Å². The van der Waals surface area contributed by atoms with Crippen LogP contribution < -0.4 is 5.32 Å². The first-order chi connectivity index (χ1) is 15.1. The van der Waals surface area contributed by atoms with Gasteiger partial charge in [-0.3, -0.25) is 10.1 Å². The van der Waals surface area contributed by atoms with Crippen LogP contribution in [0.25, 0.3) is 17.2 Å². The Morgan fingerprint density at radius 1 is 1.03 bits per heavy atom. The number of carbonyl (C=O) groups excluding carboxylic acids is 1. The highest BCUT2D eigenvalue weighted by atomic mass is 35.5. The number of nitro groups is 1. The molecule has 1 amide bonds. The number of rotatable bonds is 6. The second kappa shape index (κ2) is 9.02. The summed E-state index contributed by atoms with van der Waals surface area (Å²) in [5.41, 5.74) is 4.81. The minimum atomic E-state index is -0.555. The Morgan fingerprint density at radius 3 is 2.32 bits per heavy atom. The maximum Gasteiger partial charge on any atom is 0.407 e. The number of nitrogens with zero attached hydrogens (tertiary/aromatic N) is 1. The predicted octanol–water partition coefficient (Wildman–Crippen LogP) is 5.80. The lowest BCUT2D eigenvalue weighted by Crippen LogP contribution is -2.26. The first-order valence-electron chi connectivity index (χ1n) is 9.74. The van der Waals surface area contributed by atoms with E-state index in [0.29, 0.717) is 5.56 Å². The summed E-state index contributed by atoms with van der Waals surface area (Å²) < 4.78 is 5.46. The number of ether oxygens (including phenoxy) is 1. The fraction of sp³-hybridized carbons (Fsp3) is 0.125. The van der Waals surface area contributed by atoms with E-state index in [4.69, 9.17) is 16.3 Å². The molecule has 0 heterocycles. The zero-order valence-corrected chi connectivity index (χ0v) is 17.2. The average Bonchev–Trinajstić information content (AvgIpc) is 3.09. The van der Waals surface area contributed by atoms with Crippen molar-refractivity contribution in [3.8, 4) is 11.1 Å².